The van der Waals surface area contributed by atoms with Gasteiger partial charge in [0.25, 0.3) is 11.8 Å². The lowest BCUT2D eigenvalue weighted by Gasteiger charge is -2.33. The minimum absolute atomic E-state index is 0.000965. The van der Waals surface area contributed by atoms with Gasteiger partial charge in [0.05, 0.1) is 17.3 Å². The van der Waals surface area contributed by atoms with E-state index >= 15 is 0 Å². The summed E-state index contributed by atoms with van der Waals surface area (Å²) in [5, 5.41) is 4.15. The van der Waals surface area contributed by atoms with Crippen LogP contribution in [0, 0.1) is 5.92 Å². The van der Waals surface area contributed by atoms with E-state index in [2.05, 4.69) is 24.1 Å². The normalized spacial score (nSPS) is 20.1. The van der Waals surface area contributed by atoms with Crippen molar-refractivity contribution in [2.24, 2.45) is 5.92 Å². The number of benzene rings is 2. The third-order valence-electron chi connectivity index (χ3n) is 7.52. The molecular formula is C29H34N4O3. The zero-order valence-corrected chi connectivity index (χ0v) is 21.4. The molecule has 1 saturated heterocycles. The van der Waals surface area contributed by atoms with Gasteiger partial charge in [0, 0.05) is 29.1 Å². The van der Waals surface area contributed by atoms with Crippen molar-refractivity contribution in [3.05, 3.63) is 65.4 Å². The molecule has 188 valence electrons. The number of aromatic nitrogens is 1. The monoisotopic (exact) mass is 486 g/mol. The summed E-state index contributed by atoms with van der Waals surface area (Å²) in [5.74, 6) is 0.0756. The third kappa shape index (κ3) is 4.06. The molecule has 7 heteroatoms. The number of para-hydroxylation sites is 2. The molecule has 3 heterocycles. The Kier molecular flexibility index (Phi) is 6.33. The Bertz CT molecular complexity index is 1330. The van der Waals surface area contributed by atoms with Gasteiger partial charge in [-0.3, -0.25) is 9.59 Å². The molecule has 2 aromatic carbocycles. The smallest absolute Gasteiger partial charge is 0.332 e. The quantitative estimate of drug-likeness (QED) is 0.428. The topological polar surface area (TPSA) is 85.5 Å². The van der Waals surface area contributed by atoms with Crippen molar-refractivity contribution in [1.82, 2.24) is 15.2 Å². The standard InChI is InChI=1S/C29H34N4O3/c1-17(2)10-9-11-18(3)30-27(34)21-13-6-8-15-24(21)33-28(35)25-16-22-20-12-5-7-14-23(20)31-26(22)19(4)32(25)29(33)36/h5-8,12-15,17-19,25,31H,9-11,16H2,1-4H3,(H,30,34). The van der Waals surface area contributed by atoms with Gasteiger partial charge in [-0.05, 0) is 49.9 Å². The lowest BCUT2D eigenvalue weighted by molar-refractivity contribution is -0.120. The number of aromatic amines is 1. The van der Waals surface area contributed by atoms with Crippen LogP contribution in [0.25, 0.3) is 10.9 Å². The summed E-state index contributed by atoms with van der Waals surface area (Å²) in [5.41, 5.74) is 3.75. The van der Waals surface area contributed by atoms with Crippen LogP contribution >= 0.6 is 0 Å². The van der Waals surface area contributed by atoms with Crippen molar-refractivity contribution >= 4 is 34.4 Å². The van der Waals surface area contributed by atoms with E-state index in [1.165, 1.54) is 4.90 Å². The first-order valence-corrected chi connectivity index (χ1v) is 12.9. The highest BCUT2D eigenvalue weighted by Gasteiger charge is 2.52. The van der Waals surface area contributed by atoms with Gasteiger partial charge in [-0.1, -0.05) is 57.0 Å². The number of nitrogens with one attached hydrogen (secondary N) is 2. The zero-order valence-electron chi connectivity index (χ0n) is 21.4. The highest BCUT2D eigenvalue weighted by atomic mass is 16.2. The molecule has 7 nitrogen and oxygen atoms in total. The molecule has 3 aromatic rings. The van der Waals surface area contributed by atoms with Gasteiger partial charge < -0.3 is 15.2 Å². The first-order chi connectivity index (χ1) is 17.3. The average molecular weight is 487 g/mol. The molecule has 2 aliphatic heterocycles. The Morgan fingerprint density at radius 3 is 2.56 bits per heavy atom. The SMILES string of the molecule is CC(C)CCCC(C)NC(=O)c1ccccc1N1C(=O)C2Cc3c([nH]c4ccccc34)C(C)N2C1=O. The number of hydrogen-bond acceptors (Lipinski definition) is 3. The van der Waals surface area contributed by atoms with E-state index in [0.29, 0.717) is 23.6 Å². The highest BCUT2D eigenvalue weighted by molar-refractivity contribution is 6.24. The molecule has 3 atom stereocenters. The second-order valence-electron chi connectivity index (χ2n) is 10.5. The van der Waals surface area contributed by atoms with Crippen LogP contribution in [0.1, 0.15) is 74.6 Å². The zero-order chi connectivity index (χ0) is 25.6. The van der Waals surface area contributed by atoms with Crippen molar-refractivity contribution in [2.45, 2.75) is 71.5 Å². The molecule has 4 amide bonds. The van der Waals surface area contributed by atoms with Crippen molar-refractivity contribution in [3.8, 4) is 0 Å². The minimum Gasteiger partial charge on any atom is -0.356 e. The lowest BCUT2D eigenvalue weighted by atomic mass is 9.93. The number of H-pyrrole nitrogens is 1. The number of fused-ring (bicyclic) bond motifs is 4. The summed E-state index contributed by atoms with van der Waals surface area (Å²) in [6, 6.07) is 13.7. The predicted octanol–water partition coefficient (Wildman–Crippen LogP) is 5.57. The van der Waals surface area contributed by atoms with Gasteiger partial charge in [-0.25, -0.2) is 9.69 Å². The minimum atomic E-state index is -0.592. The summed E-state index contributed by atoms with van der Waals surface area (Å²) in [4.78, 5) is 46.9. The van der Waals surface area contributed by atoms with E-state index in [9.17, 15) is 14.4 Å². The number of imide groups is 1. The summed E-state index contributed by atoms with van der Waals surface area (Å²) in [6.07, 6.45) is 3.48. The van der Waals surface area contributed by atoms with E-state index in [1.54, 1.807) is 29.2 Å². The summed E-state index contributed by atoms with van der Waals surface area (Å²) >= 11 is 0. The van der Waals surface area contributed by atoms with Crippen LogP contribution in [-0.2, 0) is 11.2 Å². The van der Waals surface area contributed by atoms with Crippen LogP contribution in [0.15, 0.2) is 48.5 Å². The second kappa shape index (κ2) is 9.45. The summed E-state index contributed by atoms with van der Waals surface area (Å²) < 4.78 is 0. The second-order valence-corrected chi connectivity index (χ2v) is 10.5. The number of urea groups is 1. The summed E-state index contributed by atoms with van der Waals surface area (Å²) in [6.45, 7) is 8.33. The Labute approximate surface area is 211 Å². The number of nitrogens with zero attached hydrogens (tertiary/aromatic N) is 2. The molecule has 0 aliphatic carbocycles. The van der Waals surface area contributed by atoms with Crippen molar-refractivity contribution in [1.29, 1.82) is 0 Å². The Hall–Kier alpha value is -3.61. The maximum Gasteiger partial charge on any atom is 0.332 e. The Morgan fingerprint density at radius 1 is 1.06 bits per heavy atom. The van der Waals surface area contributed by atoms with Gasteiger partial charge in [-0.2, -0.15) is 0 Å². The van der Waals surface area contributed by atoms with Crippen LogP contribution in [0.2, 0.25) is 0 Å². The van der Waals surface area contributed by atoms with Crippen LogP contribution in [0.4, 0.5) is 10.5 Å². The fraction of sp³-hybridized carbons (Fsp3) is 0.414. The number of amides is 4. The molecule has 0 radical (unpaired) electrons. The molecular weight excluding hydrogens is 452 g/mol. The number of anilines is 1. The molecule has 5 rings (SSSR count). The van der Waals surface area contributed by atoms with Crippen molar-refractivity contribution in [3.63, 3.8) is 0 Å². The van der Waals surface area contributed by atoms with Crippen LogP contribution < -0.4 is 10.2 Å². The molecule has 1 fully saturated rings. The number of carbonyl (C=O) groups is 3. The molecule has 0 bridgehead atoms. The highest BCUT2D eigenvalue weighted by Crippen LogP contribution is 2.42. The third-order valence-corrected chi connectivity index (χ3v) is 7.52. The van der Waals surface area contributed by atoms with Crippen LogP contribution in [0.3, 0.4) is 0 Å². The van der Waals surface area contributed by atoms with Gasteiger partial charge in [0.2, 0.25) is 0 Å². The molecule has 3 unspecified atom stereocenters. The number of carbonyl (C=O) groups excluding carboxylic acids is 3. The van der Waals surface area contributed by atoms with Crippen molar-refractivity contribution in [2.75, 3.05) is 4.90 Å². The van der Waals surface area contributed by atoms with Crippen LogP contribution in [-0.4, -0.2) is 39.8 Å². The van der Waals surface area contributed by atoms with E-state index in [4.69, 9.17) is 0 Å². The predicted molar refractivity (Wildman–Crippen MR) is 141 cm³/mol. The first-order valence-electron chi connectivity index (χ1n) is 12.9. The van der Waals surface area contributed by atoms with E-state index < -0.39 is 6.04 Å². The fourth-order valence-electron chi connectivity index (χ4n) is 5.65. The lowest BCUT2D eigenvalue weighted by Crippen LogP contribution is -2.42. The van der Waals surface area contributed by atoms with E-state index in [-0.39, 0.29) is 29.9 Å². The molecule has 2 aliphatic rings. The fourth-order valence-corrected chi connectivity index (χ4v) is 5.65. The molecule has 36 heavy (non-hydrogen) atoms. The van der Waals surface area contributed by atoms with Crippen LogP contribution in [0.5, 0.6) is 0 Å². The average Bonchev–Trinajstić information content (AvgIpc) is 3.34. The molecule has 1 aromatic heterocycles. The molecule has 2 N–H and O–H groups in total. The Morgan fingerprint density at radius 2 is 1.78 bits per heavy atom. The van der Waals surface area contributed by atoms with Gasteiger partial charge in [0.15, 0.2) is 0 Å². The van der Waals surface area contributed by atoms with Gasteiger partial charge >= 0.3 is 6.03 Å². The number of rotatable bonds is 7. The molecule has 0 saturated carbocycles. The molecule has 0 spiro atoms. The van der Waals surface area contributed by atoms with E-state index in [1.807, 2.05) is 38.1 Å². The van der Waals surface area contributed by atoms with Crippen molar-refractivity contribution < 1.29 is 14.4 Å². The maximum absolute atomic E-state index is 13.7. The summed E-state index contributed by atoms with van der Waals surface area (Å²) in [7, 11) is 0. The first kappa shape index (κ1) is 24.1. The number of hydrogen-bond donors (Lipinski definition) is 2. The van der Waals surface area contributed by atoms with Gasteiger partial charge in [0.1, 0.15) is 6.04 Å². The largest absolute Gasteiger partial charge is 0.356 e. The van der Waals surface area contributed by atoms with E-state index in [0.717, 1.165) is 41.4 Å². The van der Waals surface area contributed by atoms with Gasteiger partial charge in [-0.15, -0.1) is 0 Å². The maximum atomic E-state index is 13.7. The Balaban J connectivity index is 1.41.